The van der Waals surface area contributed by atoms with E-state index >= 15 is 0 Å². The summed E-state index contributed by atoms with van der Waals surface area (Å²) in [5, 5.41) is 3.39. The zero-order valence-corrected chi connectivity index (χ0v) is 12.0. The Morgan fingerprint density at radius 2 is 2.06 bits per heavy atom. The van der Waals surface area contributed by atoms with E-state index in [-0.39, 0.29) is 0 Å². The Morgan fingerprint density at radius 1 is 1.31 bits per heavy atom. The molecule has 3 heteroatoms. The van der Waals surface area contributed by atoms with E-state index in [0.29, 0.717) is 5.41 Å². The SMILES string of the molecule is CCNCCC(C)(C)CCc1ccc(Cl)s1. The first-order valence-electron chi connectivity index (χ1n) is 5.98. The molecule has 1 rings (SSSR count). The third kappa shape index (κ3) is 5.33. The van der Waals surface area contributed by atoms with Gasteiger partial charge in [0.25, 0.3) is 0 Å². The normalized spacial score (nSPS) is 12.0. The average Bonchev–Trinajstić information content (AvgIpc) is 2.62. The minimum Gasteiger partial charge on any atom is -0.317 e. The van der Waals surface area contributed by atoms with E-state index in [2.05, 4.69) is 32.2 Å². The number of halogens is 1. The van der Waals surface area contributed by atoms with Crippen molar-refractivity contribution in [3.05, 3.63) is 21.3 Å². The van der Waals surface area contributed by atoms with E-state index in [1.54, 1.807) is 11.3 Å². The lowest BCUT2D eigenvalue weighted by Gasteiger charge is -2.24. The second-order valence-electron chi connectivity index (χ2n) is 4.97. The summed E-state index contributed by atoms with van der Waals surface area (Å²) in [6, 6.07) is 4.14. The topological polar surface area (TPSA) is 12.0 Å². The first-order valence-corrected chi connectivity index (χ1v) is 7.18. The Hall–Kier alpha value is -0.0500. The number of rotatable bonds is 7. The van der Waals surface area contributed by atoms with Gasteiger partial charge in [-0.15, -0.1) is 11.3 Å². The maximum absolute atomic E-state index is 5.92. The van der Waals surface area contributed by atoms with E-state index in [1.807, 2.05) is 6.07 Å². The summed E-state index contributed by atoms with van der Waals surface area (Å²) in [7, 11) is 0. The maximum atomic E-state index is 5.92. The Kier molecular flexibility index (Phi) is 5.81. The quantitative estimate of drug-likeness (QED) is 0.718. The van der Waals surface area contributed by atoms with Gasteiger partial charge in [-0.1, -0.05) is 32.4 Å². The van der Waals surface area contributed by atoms with E-state index in [9.17, 15) is 0 Å². The lowest BCUT2D eigenvalue weighted by Crippen LogP contribution is -2.22. The number of aryl methyl sites for hydroxylation is 1. The van der Waals surface area contributed by atoms with Crippen LogP contribution in [0, 0.1) is 5.41 Å². The predicted molar refractivity (Wildman–Crippen MR) is 74.6 cm³/mol. The van der Waals surface area contributed by atoms with Crippen LogP contribution in [0.25, 0.3) is 0 Å². The van der Waals surface area contributed by atoms with Gasteiger partial charge in [0.05, 0.1) is 4.34 Å². The number of hydrogen-bond donors (Lipinski definition) is 1. The summed E-state index contributed by atoms with van der Waals surface area (Å²) in [4.78, 5) is 1.40. The Bertz CT molecular complexity index is 307. The standard InChI is InChI=1S/C13H22ClNS/c1-4-15-10-9-13(2,3)8-7-11-5-6-12(14)16-11/h5-6,15H,4,7-10H2,1-3H3. The number of hydrogen-bond acceptors (Lipinski definition) is 2. The van der Waals surface area contributed by atoms with Crippen molar-refractivity contribution in [1.82, 2.24) is 5.32 Å². The molecule has 1 N–H and O–H groups in total. The summed E-state index contributed by atoms with van der Waals surface area (Å²) in [5.41, 5.74) is 0.415. The Morgan fingerprint density at radius 3 is 2.62 bits per heavy atom. The van der Waals surface area contributed by atoms with Crippen LogP contribution in [0.3, 0.4) is 0 Å². The summed E-state index contributed by atoms with van der Waals surface area (Å²) < 4.78 is 0.903. The molecule has 16 heavy (non-hydrogen) atoms. The van der Waals surface area contributed by atoms with Gasteiger partial charge >= 0.3 is 0 Å². The summed E-state index contributed by atoms with van der Waals surface area (Å²) in [6.45, 7) is 9.03. The molecule has 1 nitrogen and oxygen atoms in total. The molecule has 0 aromatic carbocycles. The smallest absolute Gasteiger partial charge is 0.0931 e. The van der Waals surface area contributed by atoms with Crippen molar-refractivity contribution in [2.24, 2.45) is 5.41 Å². The summed E-state index contributed by atoms with van der Waals surface area (Å²) >= 11 is 7.63. The van der Waals surface area contributed by atoms with Gasteiger partial charge in [0, 0.05) is 4.88 Å². The predicted octanol–water partition coefficient (Wildman–Crippen LogP) is 4.36. The molecular weight excluding hydrogens is 238 g/mol. The minimum atomic E-state index is 0.415. The van der Waals surface area contributed by atoms with Gasteiger partial charge in [-0.3, -0.25) is 0 Å². The average molecular weight is 260 g/mol. The first kappa shape index (κ1) is 14.0. The van der Waals surface area contributed by atoms with Crippen molar-refractivity contribution in [2.75, 3.05) is 13.1 Å². The molecule has 0 fully saturated rings. The Balaban J connectivity index is 2.29. The molecule has 0 saturated carbocycles. The van der Waals surface area contributed by atoms with Crippen molar-refractivity contribution < 1.29 is 0 Å². The Labute approximate surface area is 108 Å². The van der Waals surface area contributed by atoms with Gasteiger partial charge in [0.15, 0.2) is 0 Å². The molecule has 0 bridgehead atoms. The molecule has 0 amide bonds. The highest BCUT2D eigenvalue weighted by Crippen LogP contribution is 2.29. The zero-order valence-electron chi connectivity index (χ0n) is 10.5. The molecule has 0 saturated heterocycles. The van der Waals surface area contributed by atoms with Crippen LogP contribution >= 0.6 is 22.9 Å². The molecule has 0 atom stereocenters. The summed E-state index contributed by atoms with van der Waals surface area (Å²) in [5.74, 6) is 0. The van der Waals surface area contributed by atoms with Crippen molar-refractivity contribution in [3.63, 3.8) is 0 Å². The van der Waals surface area contributed by atoms with Crippen LogP contribution in [-0.2, 0) is 6.42 Å². The van der Waals surface area contributed by atoms with Crippen molar-refractivity contribution >= 4 is 22.9 Å². The lowest BCUT2D eigenvalue weighted by molar-refractivity contribution is 0.304. The molecule has 1 aromatic heterocycles. The highest BCUT2D eigenvalue weighted by Gasteiger charge is 2.17. The lowest BCUT2D eigenvalue weighted by atomic mass is 9.84. The fourth-order valence-corrected chi connectivity index (χ4v) is 2.76. The van der Waals surface area contributed by atoms with Crippen molar-refractivity contribution in [3.8, 4) is 0 Å². The van der Waals surface area contributed by atoms with Crippen LogP contribution < -0.4 is 5.32 Å². The largest absolute Gasteiger partial charge is 0.317 e. The molecule has 0 aliphatic rings. The van der Waals surface area contributed by atoms with Gasteiger partial charge in [-0.25, -0.2) is 0 Å². The van der Waals surface area contributed by atoms with Gasteiger partial charge < -0.3 is 5.32 Å². The minimum absolute atomic E-state index is 0.415. The van der Waals surface area contributed by atoms with E-state index in [1.165, 1.54) is 17.7 Å². The van der Waals surface area contributed by atoms with Gasteiger partial charge in [-0.2, -0.15) is 0 Å². The van der Waals surface area contributed by atoms with Crippen LogP contribution in [0.2, 0.25) is 4.34 Å². The molecule has 1 aromatic rings. The van der Waals surface area contributed by atoms with E-state index in [4.69, 9.17) is 11.6 Å². The molecule has 1 heterocycles. The molecule has 0 radical (unpaired) electrons. The van der Waals surface area contributed by atoms with Gasteiger partial charge in [0.1, 0.15) is 0 Å². The molecule has 0 aliphatic heterocycles. The number of nitrogens with one attached hydrogen (secondary N) is 1. The second-order valence-corrected chi connectivity index (χ2v) is 6.77. The van der Waals surface area contributed by atoms with E-state index in [0.717, 1.165) is 23.8 Å². The molecule has 92 valence electrons. The molecule has 0 aliphatic carbocycles. The fourth-order valence-electron chi connectivity index (χ4n) is 1.68. The number of thiophene rings is 1. The third-order valence-corrected chi connectivity index (χ3v) is 4.20. The van der Waals surface area contributed by atoms with Gasteiger partial charge in [-0.05, 0) is 49.9 Å². The van der Waals surface area contributed by atoms with Crippen LogP contribution in [-0.4, -0.2) is 13.1 Å². The highest BCUT2D eigenvalue weighted by molar-refractivity contribution is 7.16. The second kappa shape index (κ2) is 6.63. The molecular formula is C13H22ClNS. The zero-order chi connectivity index (χ0) is 12.0. The summed E-state index contributed by atoms with van der Waals surface area (Å²) in [6.07, 6.45) is 3.62. The van der Waals surface area contributed by atoms with Crippen molar-refractivity contribution in [1.29, 1.82) is 0 Å². The van der Waals surface area contributed by atoms with Gasteiger partial charge in [0.2, 0.25) is 0 Å². The maximum Gasteiger partial charge on any atom is 0.0931 e. The van der Waals surface area contributed by atoms with Crippen LogP contribution in [0.4, 0.5) is 0 Å². The van der Waals surface area contributed by atoms with Crippen LogP contribution in [0.15, 0.2) is 12.1 Å². The van der Waals surface area contributed by atoms with Crippen LogP contribution in [0.5, 0.6) is 0 Å². The fraction of sp³-hybridized carbons (Fsp3) is 0.692. The molecule has 0 unspecified atom stereocenters. The van der Waals surface area contributed by atoms with E-state index < -0.39 is 0 Å². The monoisotopic (exact) mass is 259 g/mol. The van der Waals surface area contributed by atoms with Crippen LogP contribution in [0.1, 0.15) is 38.5 Å². The third-order valence-electron chi connectivity index (χ3n) is 2.91. The molecule has 0 spiro atoms. The highest BCUT2D eigenvalue weighted by atomic mass is 35.5. The van der Waals surface area contributed by atoms with Crippen molar-refractivity contribution in [2.45, 2.75) is 40.0 Å². The first-order chi connectivity index (χ1) is 7.53.